The van der Waals surface area contributed by atoms with Gasteiger partial charge in [-0.25, -0.2) is 0 Å². The Hall–Kier alpha value is -2.34. The molecule has 1 aliphatic rings. The van der Waals surface area contributed by atoms with Crippen molar-refractivity contribution in [3.63, 3.8) is 0 Å². The monoisotopic (exact) mass is 247 g/mol. The van der Waals surface area contributed by atoms with Gasteiger partial charge in [0.05, 0.1) is 24.0 Å². The molecule has 0 saturated heterocycles. The molecule has 1 aliphatic carbocycles. The maximum Gasteiger partial charge on any atom is 0.307 e. The zero-order chi connectivity index (χ0) is 13.5. The first kappa shape index (κ1) is 13.7. The number of allylic oxidation sites excluding steroid dienone is 2. The number of carbonyl (C=O) groups excluding carboxylic acids is 1. The average Bonchev–Trinajstić information content (AvgIpc) is 2.37. The number of aliphatic carboxylic acids is 1. The molecule has 0 spiro atoms. The Bertz CT molecular complexity index is 428. The second kappa shape index (κ2) is 6.41. The van der Waals surface area contributed by atoms with E-state index in [0.717, 1.165) is 4.90 Å². The minimum absolute atomic E-state index is 0.195. The molecule has 1 rings (SSSR count). The van der Waals surface area contributed by atoms with Crippen molar-refractivity contribution in [3.8, 4) is 12.1 Å². The van der Waals surface area contributed by atoms with Gasteiger partial charge in [-0.2, -0.15) is 10.5 Å². The van der Waals surface area contributed by atoms with Crippen LogP contribution in [-0.4, -0.2) is 35.0 Å². The van der Waals surface area contributed by atoms with Crippen LogP contribution in [0.3, 0.4) is 0 Å². The number of carboxylic acids is 1. The van der Waals surface area contributed by atoms with Gasteiger partial charge in [-0.15, -0.1) is 0 Å². The fourth-order valence-corrected chi connectivity index (χ4v) is 1.98. The van der Waals surface area contributed by atoms with E-state index in [9.17, 15) is 9.59 Å². The molecule has 94 valence electrons. The minimum Gasteiger partial charge on any atom is -0.481 e. The fraction of sp³-hybridized carbons (Fsp3) is 0.500. The van der Waals surface area contributed by atoms with E-state index >= 15 is 0 Å². The maximum atomic E-state index is 12.1. The van der Waals surface area contributed by atoms with Crippen LogP contribution in [0.5, 0.6) is 0 Å². The van der Waals surface area contributed by atoms with Crippen molar-refractivity contribution < 1.29 is 14.7 Å². The van der Waals surface area contributed by atoms with Gasteiger partial charge in [0.1, 0.15) is 13.1 Å². The lowest BCUT2D eigenvalue weighted by Gasteiger charge is -2.28. The number of hydrogen-bond acceptors (Lipinski definition) is 4. The van der Waals surface area contributed by atoms with E-state index in [2.05, 4.69) is 0 Å². The third-order valence-corrected chi connectivity index (χ3v) is 2.90. The van der Waals surface area contributed by atoms with Crippen molar-refractivity contribution in [2.75, 3.05) is 13.1 Å². The van der Waals surface area contributed by atoms with Crippen molar-refractivity contribution in [2.24, 2.45) is 11.8 Å². The van der Waals surface area contributed by atoms with Crippen molar-refractivity contribution in [3.05, 3.63) is 12.2 Å². The highest BCUT2D eigenvalue weighted by Gasteiger charge is 2.36. The number of nitriles is 2. The summed E-state index contributed by atoms with van der Waals surface area (Å²) < 4.78 is 0. The lowest BCUT2D eigenvalue weighted by atomic mass is 9.82. The Morgan fingerprint density at radius 3 is 2.11 bits per heavy atom. The van der Waals surface area contributed by atoms with E-state index in [1.165, 1.54) is 0 Å². The van der Waals surface area contributed by atoms with Crippen LogP contribution < -0.4 is 0 Å². The van der Waals surface area contributed by atoms with Crippen LogP contribution in [0.15, 0.2) is 12.2 Å². The van der Waals surface area contributed by atoms with E-state index in [0.29, 0.717) is 12.8 Å². The van der Waals surface area contributed by atoms with Gasteiger partial charge in [-0.05, 0) is 12.8 Å². The zero-order valence-corrected chi connectivity index (χ0v) is 9.74. The van der Waals surface area contributed by atoms with E-state index in [1.54, 1.807) is 24.3 Å². The first-order valence-corrected chi connectivity index (χ1v) is 5.52. The number of carboxylic acid groups (broad SMARTS) is 1. The quantitative estimate of drug-likeness (QED) is 0.576. The maximum absolute atomic E-state index is 12.1. The Morgan fingerprint density at radius 2 is 1.67 bits per heavy atom. The van der Waals surface area contributed by atoms with Gasteiger partial charge in [0.25, 0.3) is 0 Å². The molecule has 18 heavy (non-hydrogen) atoms. The summed E-state index contributed by atoms with van der Waals surface area (Å²) in [6.45, 7) is -0.391. The normalized spacial score (nSPS) is 21.7. The molecule has 2 atom stereocenters. The van der Waals surface area contributed by atoms with Gasteiger partial charge in [-0.3, -0.25) is 9.59 Å². The minimum atomic E-state index is -1.02. The fourth-order valence-electron chi connectivity index (χ4n) is 1.98. The molecular weight excluding hydrogens is 234 g/mol. The summed E-state index contributed by atoms with van der Waals surface area (Å²) in [6.07, 6.45) is 4.14. The lowest BCUT2D eigenvalue weighted by Crippen LogP contribution is -2.42. The highest BCUT2D eigenvalue weighted by atomic mass is 16.4. The lowest BCUT2D eigenvalue weighted by molar-refractivity contribution is -0.150. The molecule has 0 aromatic heterocycles. The SMILES string of the molecule is N#CCN(CC#N)C(=O)[C@@H]1CC=CC[C@@H]1C(=O)O. The third-order valence-electron chi connectivity index (χ3n) is 2.90. The van der Waals surface area contributed by atoms with E-state index in [-0.39, 0.29) is 13.1 Å². The van der Waals surface area contributed by atoms with Gasteiger partial charge in [0.2, 0.25) is 5.91 Å². The molecule has 0 radical (unpaired) electrons. The Balaban J connectivity index is 2.86. The Labute approximate surface area is 105 Å². The van der Waals surface area contributed by atoms with Crippen LogP contribution in [0.1, 0.15) is 12.8 Å². The van der Waals surface area contributed by atoms with Gasteiger partial charge in [0, 0.05) is 0 Å². The van der Waals surface area contributed by atoms with Gasteiger partial charge >= 0.3 is 5.97 Å². The van der Waals surface area contributed by atoms with Crippen molar-refractivity contribution in [2.45, 2.75) is 12.8 Å². The molecule has 0 unspecified atom stereocenters. The van der Waals surface area contributed by atoms with Crippen LogP contribution in [-0.2, 0) is 9.59 Å². The van der Waals surface area contributed by atoms with Crippen LogP contribution in [0.4, 0.5) is 0 Å². The van der Waals surface area contributed by atoms with Gasteiger partial charge in [-0.1, -0.05) is 12.2 Å². The smallest absolute Gasteiger partial charge is 0.307 e. The summed E-state index contributed by atoms with van der Waals surface area (Å²) in [5, 5.41) is 26.3. The molecule has 0 bridgehead atoms. The zero-order valence-electron chi connectivity index (χ0n) is 9.74. The number of hydrogen-bond donors (Lipinski definition) is 1. The Kier molecular flexibility index (Phi) is 4.89. The summed E-state index contributed by atoms with van der Waals surface area (Å²) in [5.74, 6) is -2.92. The Morgan fingerprint density at radius 1 is 1.17 bits per heavy atom. The van der Waals surface area contributed by atoms with E-state index < -0.39 is 23.7 Å². The van der Waals surface area contributed by atoms with Gasteiger partial charge in [0.15, 0.2) is 0 Å². The molecule has 1 N–H and O–H groups in total. The predicted molar refractivity (Wildman–Crippen MR) is 60.8 cm³/mol. The molecule has 6 heteroatoms. The van der Waals surface area contributed by atoms with E-state index in [4.69, 9.17) is 15.6 Å². The molecule has 6 nitrogen and oxygen atoms in total. The topological polar surface area (TPSA) is 105 Å². The average molecular weight is 247 g/mol. The highest BCUT2D eigenvalue weighted by molar-refractivity contribution is 5.85. The molecule has 0 aliphatic heterocycles. The van der Waals surface area contributed by atoms with Crippen LogP contribution >= 0.6 is 0 Å². The molecule has 0 saturated carbocycles. The second-order valence-electron chi connectivity index (χ2n) is 4.00. The number of carbonyl (C=O) groups is 2. The summed E-state index contributed by atoms with van der Waals surface area (Å²) in [6, 6.07) is 3.61. The van der Waals surface area contributed by atoms with Crippen molar-refractivity contribution in [1.29, 1.82) is 10.5 Å². The molecule has 0 fully saturated rings. The molecule has 0 heterocycles. The molecule has 0 aromatic rings. The molecular formula is C12H13N3O3. The van der Waals surface area contributed by atoms with E-state index in [1.807, 2.05) is 0 Å². The number of nitrogens with zero attached hydrogens (tertiary/aromatic N) is 3. The highest BCUT2D eigenvalue weighted by Crippen LogP contribution is 2.27. The number of amides is 1. The van der Waals surface area contributed by atoms with Crippen LogP contribution in [0.25, 0.3) is 0 Å². The van der Waals surface area contributed by atoms with Gasteiger partial charge < -0.3 is 10.0 Å². The van der Waals surface area contributed by atoms with Crippen LogP contribution in [0.2, 0.25) is 0 Å². The third kappa shape index (κ3) is 3.08. The summed E-state index contributed by atoms with van der Waals surface area (Å²) in [4.78, 5) is 24.3. The number of rotatable bonds is 4. The predicted octanol–water partition coefficient (Wildman–Crippen LogP) is 0.529. The van der Waals surface area contributed by atoms with Crippen molar-refractivity contribution in [1.82, 2.24) is 4.90 Å². The largest absolute Gasteiger partial charge is 0.481 e. The summed E-state index contributed by atoms with van der Waals surface area (Å²) >= 11 is 0. The van der Waals surface area contributed by atoms with Crippen LogP contribution in [0, 0.1) is 34.5 Å². The molecule has 0 aromatic carbocycles. The second-order valence-corrected chi connectivity index (χ2v) is 4.00. The summed E-state index contributed by atoms with van der Waals surface area (Å²) in [5.41, 5.74) is 0. The molecule has 1 amide bonds. The first-order chi connectivity index (χ1) is 8.61. The summed E-state index contributed by atoms with van der Waals surface area (Å²) in [7, 11) is 0. The first-order valence-electron chi connectivity index (χ1n) is 5.52. The van der Waals surface area contributed by atoms with Crippen molar-refractivity contribution >= 4 is 11.9 Å². The standard InChI is InChI=1S/C12H13N3O3/c13-5-7-15(8-6-14)11(16)9-3-1-2-4-10(9)12(17)18/h1-2,9-10H,3-4,7-8H2,(H,17,18)/t9-,10+/m1/s1.